The van der Waals surface area contributed by atoms with Crippen LogP contribution in [0.3, 0.4) is 0 Å². The summed E-state index contributed by atoms with van der Waals surface area (Å²) >= 11 is 3.16. The smallest absolute Gasteiger partial charge is 0.132 e. The molecule has 1 saturated heterocycles. The summed E-state index contributed by atoms with van der Waals surface area (Å²) in [5, 5.41) is 3.30. The van der Waals surface area contributed by atoms with Gasteiger partial charge in [0.25, 0.3) is 0 Å². The first-order chi connectivity index (χ1) is 9.66. The minimum absolute atomic E-state index is 0. The normalized spacial score (nSPS) is 20.5. The fourth-order valence-electron chi connectivity index (χ4n) is 3.27. The lowest BCUT2D eigenvalue weighted by Crippen LogP contribution is -2.48. The molecule has 2 aliphatic rings. The van der Waals surface area contributed by atoms with E-state index in [4.69, 9.17) is 0 Å². The molecule has 1 aliphatic heterocycles. The summed E-state index contributed by atoms with van der Waals surface area (Å²) in [5.41, 5.74) is 0.264. The number of hydrogen-bond donors (Lipinski definition) is 1. The SMILES string of the molecule is Cl.Cl.Fc1cc(Br)cc(F)c1[C@@H](C1CCC1)N1CCNCC1. The molecule has 1 saturated carbocycles. The number of benzene rings is 1. The van der Waals surface area contributed by atoms with Crippen LogP contribution in [0.4, 0.5) is 8.78 Å². The van der Waals surface area contributed by atoms with Crippen molar-refractivity contribution in [1.82, 2.24) is 10.2 Å². The van der Waals surface area contributed by atoms with Crippen LogP contribution >= 0.6 is 40.7 Å². The van der Waals surface area contributed by atoms with E-state index in [1.807, 2.05) is 0 Å². The molecule has 126 valence electrons. The van der Waals surface area contributed by atoms with Crippen molar-refractivity contribution in [2.45, 2.75) is 25.3 Å². The average molecular weight is 418 g/mol. The highest BCUT2D eigenvalue weighted by Gasteiger charge is 2.36. The molecule has 2 fully saturated rings. The number of piperazine rings is 1. The van der Waals surface area contributed by atoms with Crippen LogP contribution < -0.4 is 5.32 Å². The number of nitrogens with zero attached hydrogens (tertiary/aromatic N) is 1. The van der Waals surface area contributed by atoms with Gasteiger partial charge in [-0.1, -0.05) is 22.4 Å². The van der Waals surface area contributed by atoms with E-state index in [0.29, 0.717) is 10.4 Å². The predicted molar refractivity (Wildman–Crippen MR) is 93.1 cm³/mol. The summed E-state index contributed by atoms with van der Waals surface area (Å²) in [6.07, 6.45) is 3.32. The van der Waals surface area contributed by atoms with Crippen molar-refractivity contribution in [2.75, 3.05) is 26.2 Å². The van der Waals surface area contributed by atoms with E-state index in [0.717, 1.165) is 39.0 Å². The molecule has 7 heteroatoms. The van der Waals surface area contributed by atoms with Crippen LogP contribution in [0.2, 0.25) is 0 Å². The Labute approximate surface area is 151 Å². The fourth-order valence-corrected chi connectivity index (χ4v) is 3.67. The maximum atomic E-state index is 14.3. The van der Waals surface area contributed by atoms with Crippen molar-refractivity contribution >= 4 is 40.7 Å². The largest absolute Gasteiger partial charge is 0.314 e. The van der Waals surface area contributed by atoms with E-state index >= 15 is 0 Å². The summed E-state index contributed by atoms with van der Waals surface area (Å²) in [7, 11) is 0. The van der Waals surface area contributed by atoms with Gasteiger partial charge in [0.2, 0.25) is 0 Å². The van der Waals surface area contributed by atoms with E-state index < -0.39 is 11.6 Å². The van der Waals surface area contributed by atoms with Gasteiger partial charge in [0.1, 0.15) is 11.6 Å². The van der Waals surface area contributed by atoms with Crippen LogP contribution in [-0.4, -0.2) is 31.1 Å². The molecule has 22 heavy (non-hydrogen) atoms. The standard InChI is InChI=1S/C15H19BrF2N2.2ClH/c16-11-8-12(17)14(13(18)9-11)15(10-2-1-3-10)20-6-4-19-5-7-20;;/h8-10,15,19H,1-7H2;2*1H/t15-;;/m1../s1. The molecule has 1 aromatic carbocycles. The van der Waals surface area contributed by atoms with Crippen LogP contribution in [-0.2, 0) is 0 Å². The van der Waals surface area contributed by atoms with E-state index in [1.54, 1.807) is 0 Å². The zero-order chi connectivity index (χ0) is 14.1. The summed E-state index contributed by atoms with van der Waals surface area (Å²) in [4.78, 5) is 2.25. The fraction of sp³-hybridized carbons (Fsp3) is 0.600. The molecule has 0 radical (unpaired) electrons. The van der Waals surface area contributed by atoms with Crippen molar-refractivity contribution in [3.05, 3.63) is 33.8 Å². The Kier molecular flexibility index (Phi) is 8.03. The van der Waals surface area contributed by atoms with Crippen molar-refractivity contribution in [3.63, 3.8) is 0 Å². The second-order valence-electron chi connectivity index (χ2n) is 5.70. The maximum Gasteiger partial charge on any atom is 0.132 e. The first-order valence-electron chi connectivity index (χ1n) is 7.26. The summed E-state index contributed by atoms with van der Waals surface area (Å²) in [6.45, 7) is 3.50. The van der Waals surface area contributed by atoms with E-state index in [-0.39, 0.29) is 36.4 Å². The highest BCUT2D eigenvalue weighted by molar-refractivity contribution is 9.10. The molecular weight excluding hydrogens is 397 g/mol. The van der Waals surface area contributed by atoms with Gasteiger partial charge in [-0.05, 0) is 30.9 Å². The van der Waals surface area contributed by atoms with Gasteiger partial charge in [-0.3, -0.25) is 4.90 Å². The lowest BCUT2D eigenvalue weighted by Gasteiger charge is -2.43. The Balaban J connectivity index is 0.00000121. The average Bonchev–Trinajstić information content (AvgIpc) is 2.35. The topological polar surface area (TPSA) is 15.3 Å². The Morgan fingerprint density at radius 3 is 2.09 bits per heavy atom. The highest BCUT2D eigenvalue weighted by atomic mass is 79.9. The molecule has 1 aliphatic carbocycles. The minimum Gasteiger partial charge on any atom is -0.314 e. The number of hydrogen-bond acceptors (Lipinski definition) is 2. The predicted octanol–water partition coefficient (Wildman–Crippen LogP) is 4.32. The molecule has 0 spiro atoms. The Morgan fingerprint density at radius 1 is 1.09 bits per heavy atom. The minimum atomic E-state index is -0.424. The van der Waals surface area contributed by atoms with Gasteiger partial charge in [-0.2, -0.15) is 0 Å². The summed E-state index contributed by atoms with van der Waals surface area (Å²) in [5.74, 6) is -0.460. The van der Waals surface area contributed by atoms with Gasteiger partial charge >= 0.3 is 0 Å². The van der Waals surface area contributed by atoms with Gasteiger partial charge in [0.05, 0.1) is 0 Å². The third kappa shape index (κ3) is 4.12. The molecule has 1 atom stereocenters. The number of halogens is 5. The van der Waals surface area contributed by atoms with E-state index in [9.17, 15) is 8.78 Å². The molecule has 1 N–H and O–H groups in total. The second-order valence-corrected chi connectivity index (χ2v) is 6.62. The molecule has 0 amide bonds. The molecule has 0 bridgehead atoms. The van der Waals surface area contributed by atoms with Gasteiger partial charge in [0.15, 0.2) is 0 Å². The first-order valence-corrected chi connectivity index (χ1v) is 8.05. The molecule has 1 aromatic rings. The van der Waals surface area contributed by atoms with E-state index in [1.165, 1.54) is 18.6 Å². The molecule has 2 nitrogen and oxygen atoms in total. The van der Waals surface area contributed by atoms with Crippen LogP contribution in [0, 0.1) is 17.6 Å². The molecule has 0 aromatic heterocycles. The quantitative estimate of drug-likeness (QED) is 0.787. The first kappa shape index (κ1) is 20.1. The number of nitrogens with one attached hydrogen (secondary N) is 1. The summed E-state index contributed by atoms with van der Waals surface area (Å²) < 4.78 is 29.1. The van der Waals surface area contributed by atoms with Crippen molar-refractivity contribution in [3.8, 4) is 0 Å². The molecule has 1 heterocycles. The third-order valence-electron chi connectivity index (χ3n) is 4.48. The van der Waals surface area contributed by atoms with Crippen LogP contribution in [0.5, 0.6) is 0 Å². The van der Waals surface area contributed by atoms with Crippen LogP contribution in [0.25, 0.3) is 0 Å². The molecular formula is C15H21BrCl2F2N2. The van der Waals surface area contributed by atoms with Crippen molar-refractivity contribution in [2.24, 2.45) is 5.92 Å². The Hall–Kier alpha value is 0.0600. The van der Waals surface area contributed by atoms with Gasteiger partial charge < -0.3 is 5.32 Å². The molecule has 0 unspecified atom stereocenters. The molecule has 3 rings (SSSR count). The van der Waals surface area contributed by atoms with Gasteiger partial charge in [-0.15, -0.1) is 24.8 Å². The Bertz CT molecular complexity index is 471. The summed E-state index contributed by atoms with van der Waals surface area (Å²) in [6, 6.07) is 2.65. The van der Waals surface area contributed by atoms with Gasteiger partial charge in [0, 0.05) is 42.3 Å². The maximum absolute atomic E-state index is 14.3. The van der Waals surface area contributed by atoms with E-state index in [2.05, 4.69) is 26.1 Å². The van der Waals surface area contributed by atoms with Gasteiger partial charge in [-0.25, -0.2) is 8.78 Å². The zero-order valence-corrected chi connectivity index (χ0v) is 15.4. The van der Waals surface area contributed by atoms with Crippen LogP contribution in [0.1, 0.15) is 30.9 Å². The van der Waals surface area contributed by atoms with Crippen LogP contribution in [0.15, 0.2) is 16.6 Å². The monoisotopic (exact) mass is 416 g/mol. The number of rotatable bonds is 3. The Morgan fingerprint density at radius 2 is 1.64 bits per heavy atom. The van der Waals surface area contributed by atoms with Crippen molar-refractivity contribution in [1.29, 1.82) is 0 Å². The van der Waals surface area contributed by atoms with Crippen molar-refractivity contribution < 1.29 is 8.78 Å². The second kappa shape index (κ2) is 8.78. The highest BCUT2D eigenvalue weighted by Crippen LogP contribution is 2.43. The third-order valence-corrected chi connectivity index (χ3v) is 4.94. The zero-order valence-electron chi connectivity index (χ0n) is 12.2. The lowest BCUT2D eigenvalue weighted by atomic mass is 9.76. The lowest BCUT2D eigenvalue weighted by molar-refractivity contribution is 0.0784.